The summed E-state index contributed by atoms with van der Waals surface area (Å²) in [4.78, 5) is 12.7. The summed E-state index contributed by atoms with van der Waals surface area (Å²) in [5.41, 5.74) is 0.865. The summed E-state index contributed by atoms with van der Waals surface area (Å²) < 4.78 is 45.1. The van der Waals surface area contributed by atoms with Crippen molar-refractivity contribution in [3.8, 4) is 5.75 Å². The number of amides is 1. The van der Waals surface area contributed by atoms with Crippen LogP contribution in [0, 0.1) is 5.82 Å². The Labute approximate surface area is 158 Å². The van der Waals surface area contributed by atoms with Crippen LogP contribution in [-0.4, -0.2) is 38.8 Å². The number of methoxy groups -OCH3 is 1. The van der Waals surface area contributed by atoms with E-state index < -0.39 is 15.9 Å². The maximum atomic E-state index is 13.0. The van der Waals surface area contributed by atoms with Crippen molar-refractivity contribution >= 4 is 15.9 Å². The van der Waals surface area contributed by atoms with Gasteiger partial charge in [-0.2, -0.15) is 4.31 Å². The second-order valence-corrected chi connectivity index (χ2v) is 8.22. The molecule has 0 saturated carbocycles. The molecule has 8 heteroatoms. The van der Waals surface area contributed by atoms with Crippen molar-refractivity contribution in [1.29, 1.82) is 0 Å². The summed E-state index contributed by atoms with van der Waals surface area (Å²) in [6.07, 6.45) is 1.67. The number of halogens is 1. The number of nitrogens with one attached hydrogen (secondary N) is 1. The van der Waals surface area contributed by atoms with Gasteiger partial charge < -0.3 is 10.1 Å². The molecule has 2 aromatic carbocycles. The molecule has 0 radical (unpaired) electrons. The van der Waals surface area contributed by atoms with Gasteiger partial charge >= 0.3 is 0 Å². The van der Waals surface area contributed by atoms with Gasteiger partial charge in [-0.25, -0.2) is 12.8 Å². The van der Waals surface area contributed by atoms with Gasteiger partial charge in [-0.3, -0.25) is 4.79 Å². The SMILES string of the molecule is COc1ccc(S(=O)(=O)N2CCCC2)cc1C(=O)NCc1ccc(F)cc1. The number of hydrogen-bond acceptors (Lipinski definition) is 4. The van der Waals surface area contributed by atoms with Crippen LogP contribution in [0.1, 0.15) is 28.8 Å². The molecule has 27 heavy (non-hydrogen) atoms. The summed E-state index contributed by atoms with van der Waals surface area (Å²) in [5.74, 6) is -0.534. The van der Waals surface area contributed by atoms with E-state index >= 15 is 0 Å². The average Bonchev–Trinajstić information content (AvgIpc) is 3.22. The lowest BCUT2D eigenvalue weighted by Gasteiger charge is -2.17. The van der Waals surface area contributed by atoms with Gasteiger partial charge in [0.1, 0.15) is 11.6 Å². The van der Waals surface area contributed by atoms with E-state index in [-0.39, 0.29) is 28.6 Å². The summed E-state index contributed by atoms with van der Waals surface area (Å²) in [7, 11) is -2.22. The second-order valence-electron chi connectivity index (χ2n) is 6.28. The molecule has 1 N–H and O–H groups in total. The fourth-order valence-electron chi connectivity index (χ4n) is 2.98. The highest BCUT2D eigenvalue weighted by molar-refractivity contribution is 7.89. The number of benzene rings is 2. The minimum absolute atomic E-state index is 0.0668. The minimum Gasteiger partial charge on any atom is -0.496 e. The predicted molar refractivity (Wildman–Crippen MR) is 98.6 cm³/mol. The maximum absolute atomic E-state index is 13.0. The molecule has 0 unspecified atom stereocenters. The maximum Gasteiger partial charge on any atom is 0.255 e. The Morgan fingerprint density at radius 3 is 2.44 bits per heavy atom. The smallest absolute Gasteiger partial charge is 0.255 e. The molecule has 6 nitrogen and oxygen atoms in total. The molecule has 144 valence electrons. The zero-order valence-electron chi connectivity index (χ0n) is 14.9. The summed E-state index contributed by atoms with van der Waals surface area (Å²) in [5, 5.41) is 2.71. The Balaban J connectivity index is 1.82. The van der Waals surface area contributed by atoms with Crippen molar-refractivity contribution in [2.24, 2.45) is 0 Å². The lowest BCUT2D eigenvalue weighted by molar-refractivity contribution is 0.0947. The molecule has 0 atom stereocenters. The van der Waals surface area contributed by atoms with E-state index in [1.165, 1.54) is 41.7 Å². The van der Waals surface area contributed by atoms with Crippen LogP contribution in [0.5, 0.6) is 5.75 Å². The summed E-state index contributed by atoms with van der Waals surface area (Å²) >= 11 is 0. The third-order valence-electron chi connectivity index (χ3n) is 4.48. The fourth-order valence-corrected chi connectivity index (χ4v) is 4.53. The van der Waals surface area contributed by atoms with Crippen LogP contribution in [-0.2, 0) is 16.6 Å². The van der Waals surface area contributed by atoms with Crippen LogP contribution in [0.25, 0.3) is 0 Å². The van der Waals surface area contributed by atoms with E-state index in [0.717, 1.165) is 18.4 Å². The minimum atomic E-state index is -3.64. The molecule has 1 heterocycles. The van der Waals surface area contributed by atoms with Gasteiger partial charge in [0.05, 0.1) is 17.6 Å². The van der Waals surface area contributed by atoms with Gasteiger partial charge in [-0.1, -0.05) is 12.1 Å². The zero-order valence-corrected chi connectivity index (χ0v) is 15.8. The Morgan fingerprint density at radius 2 is 1.81 bits per heavy atom. The first-order valence-corrected chi connectivity index (χ1v) is 10.1. The number of sulfonamides is 1. The first kappa shape index (κ1) is 19.3. The molecular weight excluding hydrogens is 371 g/mol. The van der Waals surface area contributed by atoms with Crippen LogP contribution in [0.3, 0.4) is 0 Å². The number of carbonyl (C=O) groups is 1. The van der Waals surface area contributed by atoms with Crippen LogP contribution < -0.4 is 10.1 Å². The zero-order chi connectivity index (χ0) is 19.4. The van der Waals surface area contributed by atoms with Gasteiger partial charge in [-0.15, -0.1) is 0 Å². The molecule has 2 aromatic rings. The second kappa shape index (κ2) is 8.06. The Bertz CT molecular complexity index is 923. The molecule has 3 rings (SSSR count). The third kappa shape index (κ3) is 4.28. The fraction of sp³-hybridized carbons (Fsp3) is 0.316. The van der Waals surface area contributed by atoms with E-state index in [2.05, 4.69) is 5.32 Å². The van der Waals surface area contributed by atoms with Crippen LogP contribution in [0.4, 0.5) is 4.39 Å². The number of nitrogens with zero attached hydrogens (tertiary/aromatic N) is 1. The van der Waals surface area contributed by atoms with Gasteiger partial charge in [0.25, 0.3) is 5.91 Å². The van der Waals surface area contributed by atoms with Crippen molar-refractivity contribution < 1.29 is 22.3 Å². The first-order valence-electron chi connectivity index (χ1n) is 8.62. The van der Waals surface area contributed by atoms with Crippen molar-refractivity contribution in [2.45, 2.75) is 24.3 Å². The number of carbonyl (C=O) groups excluding carboxylic acids is 1. The van der Waals surface area contributed by atoms with Crippen molar-refractivity contribution in [2.75, 3.05) is 20.2 Å². The molecule has 0 spiro atoms. The van der Waals surface area contributed by atoms with Crippen molar-refractivity contribution in [1.82, 2.24) is 9.62 Å². The molecule has 1 amide bonds. The number of ether oxygens (including phenoxy) is 1. The topological polar surface area (TPSA) is 75.7 Å². The van der Waals surface area contributed by atoms with Crippen molar-refractivity contribution in [3.05, 3.63) is 59.4 Å². The highest BCUT2D eigenvalue weighted by Gasteiger charge is 2.28. The van der Waals surface area contributed by atoms with E-state index in [0.29, 0.717) is 13.1 Å². The molecule has 1 saturated heterocycles. The first-order chi connectivity index (χ1) is 12.9. The lowest BCUT2D eigenvalue weighted by atomic mass is 10.1. The largest absolute Gasteiger partial charge is 0.496 e. The molecule has 1 aliphatic heterocycles. The normalized spacial score (nSPS) is 14.9. The van der Waals surface area contributed by atoms with Gasteiger partial charge in [-0.05, 0) is 48.7 Å². The molecule has 1 fully saturated rings. The third-order valence-corrected chi connectivity index (χ3v) is 6.38. The van der Waals surface area contributed by atoms with Crippen LogP contribution in [0.2, 0.25) is 0 Å². The molecule has 0 aromatic heterocycles. The Hall–Kier alpha value is -2.45. The van der Waals surface area contributed by atoms with E-state index in [1.54, 1.807) is 12.1 Å². The number of hydrogen-bond donors (Lipinski definition) is 1. The lowest BCUT2D eigenvalue weighted by Crippen LogP contribution is -2.28. The van der Waals surface area contributed by atoms with E-state index in [4.69, 9.17) is 4.74 Å². The molecule has 0 aliphatic carbocycles. The molecule has 0 bridgehead atoms. The van der Waals surface area contributed by atoms with Crippen molar-refractivity contribution in [3.63, 3.8) is 0 Å². The van der Waals surface area contributed by atoms with E-state index in [1.807, 2.05) is 0 Å². The van der Waals surface area contributed by atoms with Crippen LogP contribution >= 0.6 is 0 Å². The average molecular weight is 392 g/mol. The Kier molecular flexibility index (Phi) is 5.76. The quantitative estimate of drug-likeness (QED) is 0.820. The monoisotopic (exact) mass is 392 g/mol. The summed E-state index contributed by atoms with van der Waals surface area (Å²) in [6, 6.07) is 10.0. The summed E-state index contributed by atoms with van der Waals surface area (Å²) in [6.45, 7) is 1.16. The Morgan fingerprint density at radius 1 is 1.15 bits per heavy atom. The van der Waals surface area contributed by atoms with Crippen LogP contribution in [0.15, 0.2) is 47.4 Å². The van der Waals surface area contributed by atoms with E-state index in [9.17, 15) is 17.6 Å². The molecule has 1 aliphatic rings. The predicted octanol–water partition coefficient (Wildman–Crippen LogP) is 2.55. The molecular formula is C19H21FN2O4S. The highest BCUT2D eigenvalue weighted by atomic mass is 32.2. The van der Waals surface area contributed by atoms with Gasteiger partial charge in [0, 0.05) is 19.6 Å². The van der Waals surface area contributed by atoms with Gasteiger partial charge in [0.2, 0.25) is 10.0 Å². The number of rotatable bonds is 6. The highest BCUT2D eigenvalue weighted by Crippen LogP contribution is 2.26. The standard InChI is InChI=1S/C19H21FN2O4S/c1-26-18-9-8-16(27(24,25)22-10-2-3-11-22)12-17(18)19(23)21-13-14-4-6-15(20)7-5-14/h4-9,12H,2-3,10-11,13H2,1H3,(H,21,23). The van der Waals surface area contributed by atoms with Gasteiger partial charge in [0.15, 0.2) is 0 Å².